The summed E-state index contributed by atoms with van der Waals surface area (Å²) in [7, 11) is -1.42. The second-order valence-corrected chi connectivity index (χ2v) is 10.1. The van der Waals surface area contributed by atoms with Crippen molar-refractivity contribution in [2.45, 2.75) is 57.5 Å². The smallest absolute Gasteiger partial charge is 0.297 e. The minimum Gasteiger partial charge on any atom is -0.337 e. The Labute approximate surface area is 146 Å². The third-order valence-corrected chi connectivity index (χ3v) is 7.90. The van der Waals surface area contributed by atoms with Crippen molar-refractivity contribution in [2.24, 2.45) is 10.8 Å². The Kier molecular flexibility index (Phi) is 4.56. The lowest BCUT2D eigenvalue weighted by atomic mass is 9.54. The summed E-state index contributed by atoms with van der Waals surface area (Å²) in [5, 5.41) is 0. The topological polar surface area (TPSA) is 47.8 Å². The Morgan fingerprint density at radius 2 is 1.79 bits per heavy atom. The van der Waals surface area contributed by atoms with Crippen LogP contribution in [0.5, 0.6) is 0 Å². The molecule has 2 aliphatic rings. The van der Waals surface area contributed by atoms with E-state index >= 15 is 0 Å². The Balaban J connectivity index is 1.75. The van der Waals surface area contributed by atoms with Crippen LogP contribution in [0.1, 0.15) is 45.1 Å². The summed E-state index contributed by atoms with van der Waals surface area (Å²) in [5.74, 6) is 0. The first kappa shape index (κ1) is 17.9. The second kappa shape index (κ2) is 6.11. The minimum absolute atomic E-state index is 0.165. The van der Waals surface area contributed by atoms with Gasteiger partial charge in [-0.2, -0.15) is 8.42 Å². The molecule has 0 bridgehead atoms. The van der Waals surface area contributed by atoms with Gasteiger partial charge in [-0.25, -0.2) is 0 Å². The first-order valence-electron chi connectivity index (χ1n) is 8.95. The van der Waals surface area contributed by atoms with Crippen LogP contribution in [0.4, 0.5) is 0 Å². The molecule has 0 aromatic heterocycles. The van der Waals surface area contributed by atoms with E-state index in [0.717, 1.165) is 37.8 Å². The highest BCUT2D eigenvalue weighted by atomic mass is 32.2. The van der Waals surface area contributed by atoms with Crippen LogP contribution in [-0.2, 0) is 14.3 Å². The molecule has 1 heterocycles. The summed E-state index contributed by atoms with van der Waals surface area (Å²) < 4.78 is 30.8. The van der Waals surface area contributed by atoms with Gasteiger partial charge in [0, 0.05) is 11.8 Å². The third-order valence-electron chi connectivity index (χ3n) is 6.52. The van der Waals surface area contributed by atoms with Gasteiger partial charge < -0.3 is 4.90 Å². The van der Waals surface area contributed by atoms with Gasteiger partial charge in [-0.1, -0.05) is 31.5 Å². The van der Waals surface area contributed by atoms with Crippen molar-refractivity contribution in [3.63, 3.8) is 0 Å². The maximum Gasteiger partial charge on any atom is 0.297 e. The van der Waals surface area contributed by atoms with Gasteiger partial charge in [0.05, 0.1) is 31.1 Å². The van der Waals surface area contributed by atoms with Gasteiger partial charge in [-0.3, -0.25) is 4.18 Å². The fraction of sp³-hybridized carbons (Fsp3) is 0.684. The summed E-state index contributed by atoms with van der Waals surface area (Å²) in [6.45, 7) is 8.97. The lowest BCUT2D eigenvalue weighted by Gasteiger charge is -2.55. The van der Waals surface area contributed by atoms with Crippen LogP contribution >= 0.6 is 0 Å². The summed E-state index contributed by atoms with van der Waals surface area (Å²) in [6, 6.07) is 6.90. The van der Waals surface area contributed by atoms with Gasteiger partial charge in [-0.15, -0.1) is 0 Å². The molecule has 1 aromatic carbocycles. The van der Waals surface area contributed by atoms with E-state index in [4.69, 9.17) is 4.18 Å². The number of nitrogens with one attached hydrogen (secondary N) is 1. The molecule has 0 radical (unpaired) electrons. The predicted molar refractivity (Wildman–Crippen MR) is 94.5 cm³/mol. The quantitative estimate of drug-likeness (QED) is 0.849. The highest BCUT2D eigenvalue weighted by Gasteiger charge is 2.54. The molecule has 3 rings (SSSR count). The summed E-state index contributed by atoms with van der Waals surface area (Å²) in [4.78, 5) is 1.85. The van der Waals surface area contributed by atoms with Crippen LogP contribution in [0.25, 0.3) is 0 Å². The lowest BCUT2D eigenvalue weighted by molar-refractivity contribution is -0.897. The molecule has 134 valence electrons. The first-order chi connectivity index (χ1) is 11.1. The molecule has 1 aliphatic carbocycles. The van der Waals surface area contributed by atoms with Crippen molar-refractivity contribution >= 4 is 10.1 Å². The zero-order valence-electron chi connectivity index (χ0n) is 15.3. The molecule has 1 saturated carbocycles. The van der Waals surface area contributed by atoms with E-state index < -0.39 is 10.1 Å². The number of fused-ring (bicyclic) bond motifs is 1. The molecule has 4 nitrogen and oxygen atoms in total. The van der Waals surface area contributed by atoms with Crippen LogP contribution in [0.15, 0.2) is 29.2 Å². The number of likely N-dealkylation sites (tertiary alicyclic amines) is 1. The Morgan fingerprint density at radius 1 is 1.12 bits per heavy atom. The molecule has 1 unspecified atom stereocenters. The van der Waals surface area contributed by atoms with Crippen molar-refractivity contribution in [1.29, 1.82) is 0 Å². The predicted octanol–water partition coefficient (Wildman–Crippen LogP) is 2.18. The van der Waals surface area contributed by atoms with E-state index in [0.29, 0.717) is 0 Å². The standard InChI is InChI=1S/C19H29NO3S/c1-15-5-7-17(8-6-15)24(21,22)23-16-9-10-19(3)14-20(4)12-11-18(19,2)13-16/h5-8,16H,9-14H2,1-4H3/p+1/t16-,18-,19-/m0/s1. The summed E-state index contributed by atoms with van der Waals surface area (Å²) in [5.41, 5.74) is 1.49. The molecule has 4 atom stereocenters. The largest absolute Gasteiger partial charge is 0.337 e. The van der Waals surface area contributed by atoms with Crippen molar-refractivity contribution in [3.8, 4) is 0 Å². The van der Waals surface area contributed by atoms with E-state index in [1.165, 1.54) is 6.54 Å². The van der Waals surface area contributed by atoms with Gasteiger partial charge in [0.25, 0.3) is 10.1 Å². The average molecular weight is 353 g/mol. The van der Waals surface area contributed by atoms with E-state index in [1.807, 2.05) is 19.1 Å². The van der Waals surface area contributed by atoms with Gasteiger partial charge in [0.15, 0.2) is 0 Å². The lowest BCUT2D eigenvalue weighted by Crippen LogP contribution is -3.12. The fourth-order valence-electron chi connectivity index (χ4n) is 4.60. The molecule has 5 heteroatoms. The second-order valence-electron chi connectivity index (χ2n) is 8.48. The Bertz CT molecular complexity index is 700. The number of hydrogen-bond donors (Lipinski definition) is 1. The molecular formula is C19H30NO3S+. The Hall–Kier alpha value is -0.910. The SMILES string of the molecule is Cc1ccc(S(=O)(=O)O[C@H]2CC[C@@]3(C)C[NH+](C)CC[C@@]3(C)C2)cc1. The average Bonchev–Trinajstić information content (AvgIpc) is 2.49. The summed E-state index contributed by atoms with van der Waals surface area (Å²) >= 11 is 0. The van der Waals surface area contributed by atoms with Crippen LogP contribution in [0.3, 0.4) is 0 Å². The van der Waals surface area contributed by atoms with Crippen LogP contribution < -0.4 is 4.90 Å². The van der Waals surface area contributed by atoms with E-state index in [9.17, 15) is 8.42 Å². The molecule has 0 amide bonds. The zero-order valence-corrected chi connectivity index (χ0v) is 16.1. The number of benzene rings is 1. The monoisotopic (exact) mass is 352 g/mol. The summed E-state index contributed by atoms with van der Waals surface area (Å²) in [6.07, 6.45) is 3.63. The number of piperidine rings is 1. The fourth-order valence-corrected chi connectivity index (χ4v) is 5.71. The van der Waals surface area contributed by atoms with Gasteiger partial charge >= 0.3 is 0 Å². The minimum atomic E-state index is -3.68. The number of quaternary nitrogens is 1. The Morgan fingerprint density at radius 3 is 2.46 bits per heavy atom. The highest BCUT2D eigenvalue weighted by Crippen LogP contribution is 2.53. The van der Waals surface area contributed by atoms with E-state index in [-0.39, 0.29) is 21.8 Å². The van der Waals surface area contributed by atoms with Crippen molar-refractivity contribution in [2.75, 3.05) is 20.1 Å². The number of rotatable bonds is 3. The van der Waals surface area contributed by atoms with Crippen LogP contribution in [-0.4, -0.2) is 34.7 Å². The molecule has 2 fully saturated rings. The van der Waals surface area contributed by atoms with Crippen LogP contribution in [0.2, 0.25) is 0 Å². The first-order valence-corrected chi connectivity index (χ1v) is 10.4. The molecule has 1 saturated heterocycles. The van der Waals surface area contributed by atoms with Crippen molar-refractivity contribution in [1.82, 2.24) is 0 Å². The van der Waals surface area contributed by atoms with Gasteiger partial charge in [-0.05, 0) is 43.7 Å². The molecule has 1 aliphatic heterocycles. The number of hydrogen-bond acceptors (Lipinski definition) is 3. The molecular weight excluding hydrogens is 322 g/mol. The highest BCUT2D eigenvalue weighted by molar-refractivity contribution is 7.86. The normalized spacial score (nSPS) is 37.0. The number of aryl methyl sites for hydroxylation is 1. The van der Waals surface area contributed by atoms with Crippen molar-refractivity contribution < 1.29 is 17.5 Å². The molecule has 24 heavy (non-hydrogen) atoms. The van der Waals surface area contributed by atoms with E-state index in [2.05, 4.69) is 20.9 Å². The van der Waals surface area contributed by atoms with Gasteiger partial charge in [0.2, 0.25) is 0 Å². The molecule has 1 aromatic rings. The van der Waals surface area contributed by atoms with E-state index in [1.54, 1.807) is 17.0 Å². The zero-order chi connectivity index (χ0) is 17.6. The maximum atomic E-state index is 12.6. The van der Waals surface area contributed by atoms with Crippen LogP contribution in [0, 0.1) is 17.8 Å². The molecule has 1 N–H and O–H groups in total. The van der Waals surface area contributed by atoms with Crippen molar-refractivity contribution in [3.05, 3.63) is 29.8 Å². The molecule has 0 spiro atoms. The third kappa shape index (κ3) is 3.26. The maximum absolute atomic E-state index is 12.6. The van der Waals surface area contributed by atoms with Gasteiger partial charge in [0.1, 0.15) is 0 Å².